The van der Waals surface area contributed by atoms with Gasteiger partial charge in [-0.1, -0.05) is 0 Å². The first-order valence-corrected chi connectivity index (χ1v) is 13.9. The second-order valence-electron chi connectivity index (χ2n) is 10.2. The first-order chi connectivity index (χ1) is 20.7. The van der Waals surface area contributed by atoms with Crippen LogP contribution in [0.2, 0.25) is 0 Å². The van der Waals surface area contributed by atoms with Crippen molar-refractivity contribution in [2.24, 2.45) is 0 Å². The lowest BCUT2D eigenvalue weighted by molar-refractivity contribution is -0.129. The summed E-state index contributed by atoms with van der Waals surface area (Å²) in [7, 11) is 3.09. The molecule has 0 bridgehead atoms. The van der Waals surface area contributed by atoms with Gasteiger partial charge in [0, 0.05) is 82.8 Å². The van der Waals surface area contributed by atoms with Crippen LogP contribution in [0.25, 0.3) is 0 Å². The van der Waals surface area contributed by atoms with E-state index >= 15 is 0 Å². The number of methoxy groups -OCH3 is 2. The van der Waals surface area contributed by atoms with Crippen LogP contribution in [0.1, 0.15) is 6.92 Å². The van der Waals surface area contributed by atoms with Crippen LogP contribution >= 0.6 is 0 Å². The molecule has 0 aliphatic carbocycles. The van der Waals surface area contributed by atoms with Gasteiger partial charge in [0.05, 0.1) is 31.8 Å². The molecular weight excluding hydrogens is 559 g/mol. The van der Waals surface area contributed by atoms with E-state index in [2.05, 4.69) is 30.4 Å². The predicted octanol–water partition coefficient (Wildman–Crippen LogP) is 3.59. The van der Waals surface area contributed by atoms with E-state index in [4.69, 9.17) is 9.47 Å². The van der Waals surface area contributed by atoms with Gasteiger partial charge in [-0.2, -0.15) is 4.98 Å². The maximum atomic E-state index is 14.8. The van der Waals surface area contributed by atoms with E-state index in [0.717, 1.165) is 30.7 Å². The molecule has 1 aromatic heterocycles. The molecule has 2 aliphatic rings. The Bertz CT molecular complexity index is 1480. The largest absolute Gasteiger partial charge is 0.494 e. The lowest BCUT2D eigenvalue weighted by Crippen LogP contribution is -2.48. The molecule has 0 saturated carbocycles. The number of nitrogens with one attached hydrogen (secondary N) is 2. The Morgan fingerprint density at radius 3 is 1.81 bits per heavy atom. The van der Waals surface area contributed by atoms with Gasteiger partial charge in [0.1, 0.15) is 11.5 Å². The number of carbonyl (C=O) groups is 2. The number of ether oxygens (including phenoxy) is 2. The molecule has 43 heavy (non-hydrogen) atoms. The summed E-state index contributed by atoms with van der Waals surface area (Å²) in [5.74, 6) is 0.596. The molecule has 2 aromatic carbocycles. The van der Waals surface area contributed by atoms with Crippen molar-refractivity contribution < 1.29 is 28.6 Å². The Balaban J connectivity index is 1.28. The molecule has 14 heteroatoms. The number of hydrogen-bond acceptors (Lipinski definition) is 10. The van der Waals surface area contributed by atoms with Gasteiger partial charge < -0.3 is 44.8 Å². The summed E-state index contributed by atoms with van der Waals surface area (Å²) in [6, 6.07) is 11.2. The third-order valence-electron chi connectivity index (χ3n) is 7.62. The number of rotatable bonds is 8. The lowest BCUT2D eigenvalue weighted by Gasteiger charge is -2.35. The highest BCUT2D eigenvalue weighted by molar-refractivity contribution is 5.74. The number of hydrogen-bond donors (Lipinski definition) is 3. The minimum Gasteiger partial charge on any atom is -0.494 e. The number of carboxylic acid groups (broad SMARTS) is 1. The third kappa shape index (κ3) is 6.74. The molecule has 228 valence electrons. The van der Waals surface area contributed by atoms with Crippen LogP contribution in [-0.2, 0) is 4.79 Å². The summed E-state index contributed by atoms with van der Waals surface area (Å²) in [6.07, 6.45) is 0.157. The van der Waals surface area contributed by atoms with Crippen LogP contribution in [0.4, 0.5) is 43.7 Å². The average molecular weight is 595 g/mol. The minimum absolute atomic E-state index is 0.0439. The van der Waals surface area contributed by atoms with Crippen molar-refractivity contribution in [1.82, 2.24) is 19.8 Å². The van der Waals surface area contributed by atoms with Crippen LogP contribution in [-0.4, -0.2) is 103 Å². The first kappa shape index (κ1) is 29.5. The maximum Gasteiger partial charge on any atom is 0.407 e. The van der Waals surface area contributed by atoms with Gasteiger partial charge >= 0.3 is 6.09 Å². The van der Waals surface area contributed by atoms with Gasteiger partial charge in [0.15, 0.2) is 11.6 Å². The molecule has 0 spiro atoms. The van der Waals surface area contributed by atoms with Crippen molar-refractivity contribution in [3.8, 4) is 11.5 Å². The summed E-state index contributed by atoms with van der Waals surface area (Å²) in [6.45, 7) is 6.27. The Morgan fingerprint density at radius 1 is 0.814 bits per heavy atom. The van der Waals surface area contributed by atoms with Gasteiger partial charge in [-0.3, -0.25) is 4.79 Å². The highest BCUT2D eigenvalue weighted by Crippen LogP contribution is 2.34. The lowest BCUT2D eigenvalue weighted by atomic mass is 10.2. The predicted molar refractivity (Wildman–Crippen MR) is 161 cm³/mol. The number of anilines is 6. The summed E-state index contributed by atoms with van der Waals surface area (Å²) in [5.41, 5.74) is 2.95. The second kappa shape index (κ2) is 12.9. The van der Waals surface area contributed by atoms with Gasteiger partial charge in [-0.15, -0.1) is 0 Å². The van der Waals surface area contributed by atoms with Gasteiger partial charge in [-0.05, 0) is 24.3 Å². The fraction of sp³-hybridized carbons (Fsp3) is 0.379. The topological polar surface area (TPSA) is 136 Å². The van der Waals surface area contributed by atoms with Crippen molar-refractivity contribution >= 4 is 46.5 Å². The minimum atomic E-state index is -0.923. The fourth-order valence-electron chi connectivity index (χ4n) is 5.16. The van der Waals surface area contributed by atoms with Crippen molar-refractivity contribution in [3.05, 3.63) is 48.4 Å². The number of halogens is 1. The Morgan fingerprint density at radius 2 is 1.33 bits per heavy atom. The summed E-state index contributed by atoms with van der Waals surface area (Å²) >= 11 is 0. The maximum absolute atomic E-state index is 14.8. The summed E-state index contributed by atoms with van der Waals surface area (Å²) < 4.78 is 26.0. The summed E-state index contributed by atoms with van der Waals surface area (Å²) in [4.78, 5) is 38.8. The van der Waals surface area contributed by atoms with E-state index in [1.807, 2.05) is 35.2 Å². The van der Waals surface area contributed by atoms with Crippen LogP contribution in [0, 0.1) is 5.82 Å². The number of benzene rings is 2. The van der Waals surface area contributed by atoms with E-state index in [0.29, 0.717) is 62.1 Å². The molecule has 13 nitrogen and oxygen atoms in total. The molecular formula is C29H35FN8O5. The number of carbonyl (C=O) groups excluding carboxylic acids is 1. The second-order valence-corrected chi connectivity index (χ2v) is 10.2. The molecule has 2 aliphatic heterocycles. The Kier molecular flexibility index (Phi) is 8.83. The van der Waals surface area contributed by atoms with Gasteiger partial charge in [-0.25, -0.2) is 14.2 Å². The van der Waals surface area contributed by atoms with E-state index in [1.165, 1.54) is 12.0 Å². The molecule has 0 unspecified atom stereocenters. The van der Waals surface area contributed by atoms with Crippen LogP contribution in [0.5, 0.6) is 11.5 Å². The quantitative estimate of drug-likeness (QED) is 0.353. The molecule has 0 atom stereocenters. The number of nitrogens with zero attached hydrogens (tertiary/aromatic N) is 6. The van der Waals surface area contributed by atoms with Crippen LogP contribution in [0.15, 0.2) is 42.6 Å². The molecule has 0 radical (unpaired) electrons. The molecule has 2 amide bonds. The molecule has 2 fully saturated rings. The third-order valence-corrected chi connectivity index (χ3v) is 7.62. The van der Waals surface area contributed by atoms with Crippen LogP contribution < -0.4 is 29.9 Å². The van der Waals surface area contributed by atoms with E-state index < -0.39 is 11.9 Å². The molecule has 3 heterocycles. The zero-order valence-corrected chi connectivity index (χ0v) is 24.3. The zero-order chi connectivity index (χ0) is 30.5. The molecule has 3 aromatic rings. The van der Waals surface area contributed by atoms with E-state index in [9.17, 15) is 19.1 Å². The molecule has 5 rings (SSSR count). The van der Waals surface area contributed by atoms with Gasteiger partial charge in [0.25, 0.3) is 0 Å². The molecule has 3 N–H and O–H groups in total. The number of aromatic nitrogens is 2. The van der Waals surface area contributed by atoms with Crippen molar-refractivity contribution in [1.29, 1.82) is 0 Å². The fourth-order valence-corrected chi connectivity index (χ4v) is 5.16. The van der Waals surface area contributed by atoms with Crippen LogP contribution in [0.3, 0.4) is 0 Å². The SMILES string of the molecule is COc1cc(N2CCN(C(C)=O)CC2)ccc1Nc1ncc(F)c(Nc2ccc(N3CCN(C(=O)O)CC3)cc2OC)n1. The van der Waals surface area contributed by atoms with Crippen molar-refractivity contribution in [2.75, 3.05) is 87.0 Å². The van der Waals surface area contributed by atoms with Crippen molar-refractivity contribution in [2.45, 2.75) is 6.92 Å². The van der Waals surface area contributed by atoms with E-state index in [-0.39, 0.29) is 17.7 Å². The molecule has 2 saturated heterocycles. The number of amides is 2. The zero-order valence-electron chi connectivity index (χ0n) is 24.3. The summed E-state index contributed by atoms with van der Waals surface area (Å²) in [5, 5.41) is 15.3. The van der Waals surface area contributed by atoms with Gasteiger partial charge in [0.2, 0.25) is 11.9 Å². The standard InChI is InChI=1S/C29H35FN8O5/c1-19(39)35-8-10-36(11-9-35)21-5-7-24(26(17-21)43-3)33-28-31-18-22(30)27(34-28)32-23-6-4-20(16-25(23)42-2)37-12-14-38(15-13-37)29(40)41/h4-7,16-18H,8-15H2,1-3H3,(H,40,41)(H2,31,32,33,34). The highest BCUT2D eigenvalue weighted by atomic mass is 19.1. The number of piperazine rings is 2. The first-order valence-electron chi connectivity index (χ1n) is 13.9. The average Bonchev–Trinajstić information content (AvgIpc) is 3.03. The normalized spacial score (nSPS) is 15.3. The Labute approximate surface area is 248 Å². The van der Waals surface area contributed by atoms with E-state index in [1.54, 1.807) is 20.1 Å². The highest BCUT2D eigenvalue weighted by Gasteiger charge is 2.22. The van der Waals surface area contributed by atoms with Crippen molar-refractivity contribution in [3.63, 3.8) is 0 Å². The monoisotopic (exact) mass is 594 g/mol. The Hall–Kier alpha value is -5.01. The smallest absolute Gasteiger partial charge is 0.407 e.